The van der Waals surface area contributed by atoms with Crippen molar-refractivity contribution in [1.82, 2.24) is 0 Å². The maximum atomic E-state index is 10.5. The maximum Gasteiger partial charge on any atom is 0.310 e. The Morgan fingerprint density at radius 2 is 1.85 bits per heavy atom. The fraction of sp³-hybridized carbons (Fsp3) is 0.286. The van der Waals surface area contributed by atoms with Gasteiger partial charge in [0, 0.05) is 0 Å². The van der Waals surface area contributed by atoms with Crippen LogP contribution in [0.25, 0.3) is 0 Å². The molecule has 0 spiro atoms. The average Bonchev–Trinajstić information content (AvgIpc) is 2.02. The molecule has 0 amide bonds. The van der Waals surface area contributed by atoms with Crippen LogP contribution in [-0.2, 0) is 19.1 Å². The predicted octanol–water partition coefficient (Wildman–Crippen LogP) is -3.02. The Morgan fingerprint density at radius 1 is 1.31 bits per heavy atom. The van der Waals surface area contributed by atoms with Gasteiger partial charge >= 0.3 is 5.97 Å². The molecule has 0 aliphatic carbocycles. The minimum absolute atomic E-state index is 0.284. The Kier molecular flexibility index (Phi) is 4.21. The van der Waals surface area contributed by atoms with Gasteiger partial charge in [-0.05, 0) is 11.6 Å². The van der Waals surface area contributed by atoms with Gasteiger partial charge in [-0.15, -0.1) is 0 Å². The molecule has 0 saturated heterocycles. The summed E-state index contributed by atoms with van der Waals surface area (Å²) in [4.78, 5) is 30.7. The molecule has 0 aromatic rings. The number of carboxylic acid groups (broad SMARTS) is 2. The molecule has 0 radical (unpaired) electrons. The lowest BCUT2D eigenvalue weighted by Crippen LogP contribution is -2.29. The van der Waals surface area contributed by atoms with Crippen LogP contribution in [0.1, 0.15) is 6.42 Å². The molecule has 0 aliphatic heterocycles. The minimum atomic E-state index is -1.74. The molecular weight excluding hydrogens is 180 g/mol. The summed E-state index contributed by atoms with van der Waals surface area (Å²) in [7, 11) is 1.05. The summed E-state index contributed by atoms with van der Waals surface area (Å²) in [5.41, 5.74) is -0.688. The zero-order valence-corrected chi connectivity index (χ0v) is 6.73. The first-order chi connectivity index (χ1) is 5.97. The largest absolute Gasteiger partial charge is 0.545 e. The molecule has 6 nitrogen and oxygen atoms in total. The van der Waals surface area contributed by atoms with Crippen molar-refractivity contribution in [3.05, 3.63) is 11.6 Å². The molecule has 0 saturated carbocycles. The molecule has 0 aromatic heterocycles. The highest BCUT2D eigenvalue weighted by Gasteiger charge is 2.06. The highest BCUT2D eigenvalue weighted by atomic mass is 16.5. The molecule has 0 unspecified atom stereocenters. The molecule has 13 heavy (non-hydrogen) atoms. The molecule has 0 aliphatic rings. The maximum absolute atomic E-state index is 10.5. The third-order valence-corrected chi connectivity index (χ3v) is 1.12. The summed E-state index contributed by atoms with van der Waals surface area (Å²) >= 11 is 0. The zero-order chi connectivity index (χ0) is 10.4. The Balaban J connectivity index is 4.54. The number of aliphatic carboxylic acids is 2. The first-order valence-electron chi connectivity index (χ1n) is 3.17. The van der Waals surface area contributed by atoms with Crippen molar-refractivity contribution in [2.75, 3.05) is 7.11 Å². The van der Waals surface area contributed by atoms with Gasteiger partial charge in [-0.3, -0.25) is 4.79 Å². The van der Waals surface area contributed by atoms with E-state index in [1.54, 1.807) is 0 Å². The topological polar surface area (TPSA) is 107 Å². The quantitative estimate of drug-likeness (QED) is 0.341. The van der Waals surface area contributed by atoms with E-state index in [0.29, 0.717) is 0 Å². The van der Waals surface area contributed by atoms with Crippen molar-refractivity contribution in [2.24, 2.45) is 0 Å². The van der Waals surface area contributed by atoms with Gasteiger partial charge in [-0.2, -0.15) is 0 Å². The number of hydrogen-bond acceptors (Lipinski definition) is 6. The number of ether oxygens (including phenoxy) is 1. The smallest absolute Gasteiger partial charge is 0.310 e. The van der Waals surface area contributed by atoms with E-state index in [2.05, 4.69) is 4.74 Å². The fourth-order valence-electron chi connectivity index (χ4n) is 0.552. The Bertz CT molecular complexity index is 264. The summed E-state index contributed by atoms with van der Waals surface area (Å²) < 4.78 is 4.13. The third kappa shape index (κ3) is 4.57. The second-order valence-electron chi connectivity index (χ2n) is 2.03. The Morgan fingerprint density at radius 3 is 2.15 bits per heavy atom. The molecule has 6 heteroatoms. The van der Waals surface area contributed by atoms with Crippen LogP contribution in [0.2, 0.25) is 0 Å². The molecule has 0 bridgehead atoms. The summed E-state index contributed by atoms with van der Waals surface area (Å²) in [5.74, 6) is -4.31. The number of carboxylic acids is 2. The average molecular weight is 186 g/mol. The standard InChI is InChI=1S/C7H8O6/c1-13-6(10)3-4(7(11)12)2-5(8)9/h2H,3H2,1H3,(H,8,9)(H,11,12)/p-2. The number of methoxy groups -OCH3 is 1. The second kappa shape index (κ2) is 4.91. The van der Waals surface area contributed by atoms with Crippen LogP contribution in [0.3, 0.4) is 0 Å². The van der Waals surface area contributed by atoms with Gasteiger partial charge in [-0.1, -0.05) is 0 Å². The van der Waals surface area contributed by atoms with Crippen LogP contribution in [-0.4, -0.2) is 25.0 Å². The van der Waals surface area contributed by atoms with E-state index in [4.69, 9.17) is 0 Å². The Labute approximate surface area is 73.4 Å². The molecule has 0 atom stereocenters. The van der Waals surface area contributed by atoms with Gasteiger partial charge in [0.25, 0.3) is 0 Å². The molecule has 0 fully saturated rings. The molecule has 0 heterocycles. The van der Waals surface area contributed by atoms with Crippen LogP contribution >= 0.6 is 0 Å². The van der Waals surface area contributed by atoms with Gasteiger partial charge in [-0.25, -0.2) is 0 Å². The van der Waals surface area contributed by atoms with Gasteiger partial charge in [0.1, 0.15) is 0 Å². The fourth-order valence-corrected chi connectivity index (χ4v) is 0.552. The summed E-state index contributed by atoms with van der Waals surface area (Å²) in [6.45, 7) is 0. The van der Waals surface area contributed by atoms with E-state index in [1.807, 2.05) is 0 Å². The summed E-state index contributed by atoms with van der Waals surface area (Å²) in [6.07, 6.45) is -0.376. The van der Waals surface area contributed by atoms with E-state index in [1.165, 1.54) is 0 Å². The van der Waals surface area contributed by atoms with Crippen LogP contribution in [0.4, 0.5) is 0 Å². The molecular formula is C7H6O6-2. The highest BCUT2D eigenvalue weighted by Crippen LogP contribution is 2.00. The van der Waals surface area contributed by atoms with Crippen LogP contribution in [0.5, 0.6) is 0 Å². The lowest BCUT2D eigenvalue weighted by Gasteiger charge is -2.07. The predicted molar refractivity (Wildman–Crippen MR) is 34.7 cm³/mol. The lowest BCUT2D eigenvalue weighted by atomic mass is 10.2. The summed E-state index contributed by atoms with van der Waals surface area (Å²) in [5, 5.41) is 20.2. The molecule has 72 valence electrons. The second-order valence-corrected chi connectivity index (χ2v) is 2.03. The van der Waals surface area contributed by atoms with E-state index >= 15 is 0 Å². The Hall–Kier alpha value is -1.85. The van der Waals surface area contributed by atoms with Gasteiger partial charge in [0.15, 0.2) is 0 Å². The zero-order valence-electron chi connectivity index (χ0n) is 6.73. The van der Waals surface area contributed by atoms with Gasteiger partial charge < -0.3 is 24.5 Å². The van der Waals surface area contributed by atoms with Gasteiger partial charge in [0.05, 0.1) is 25.5 Å². The normalized spacial score (nSPS) is 10.7. The monoisotopic (exact) mass is 186 g/mol. The number of carbonyl (C=O) groups is 3. The van der Waals surface area contributed by atoms with E-state index in [0.717, 1.165) is 7.11 Å². The lowest BCUT2D eigenvalue weighted by molar-refractivity contribution is -0.303. The molecule has 0 N–H and O–H groups in total. The molecule has 0 rings (SSSR count). The minimum Gasteiger partial charge on any atom is -0.545 e. The van der Waals surface area contributed by atoms with E-state index in [9.17, 15) is 24.6 Å². The van der Waals surface area contributed by atoms with Gasteiger partial charge in [0.2, 0.25) is 0 Å². The molecule has 0 aromatic carbocycles. The van der Waals surface area contributed by atoms with Crippen molar-refractivity contribution in [2.45, 2.75) is 6.42 Å². The third-order valence-electron chi connectivity index (χ3n) is 1.12. The van der Waals surface area contributed by atoms with Crippen LogP contribution < -0.4 is 10.2 Å². The van der Waals surface area contributed by atoms with Crippen molar-refractivity contribution in [3.8, 4) is 0 Å². The number of rotatable bonds is 4. The number of hydrogen-bond donors (Lipinski definition) is 0. The van der Waals surface area contributed by atoms with Crippen LogP contribution in [0, 0.1) is 0 Å². The highest BCUT2D eigenvalue weighted by molar-refractivity contribution is 5.96. The summed E-state index contributed by atoms with van der Waals surface area (Å²) in [6, 6.07) is 0. The van der Waals surface area contributed by atoms with Crippen molar-refractivity contribution < 1.29 is 29.3 Å². The van der Waals surface area contributed by atoms with Crippen molar-refractivity contribution in [3.63, 3.8) is 0 Å². The number of carbonyl (C=O) groups excluding carboxylic acids is 3. The van der Waals surface area contributed by atoms with Crippen molar-refractivity contribution in [1.29, 1.82) is 0 Å². The van der Waals surface area contributed by atoms with Crippen molar-refractivity contribution >= 4 is 17.9 Å². The van der Waals surface area contributed by atoms with E-state index in [-0.39, 0.29) is 6.08 Å². The first kappa shape index (κ1) is 11.2. The van der Waals surface area contributed by atoms with Crippen LogP contribution in [0.15, 0.2) is 11.6 Å². The first-order valence-corrected chi connectivity index (χ1v) is 3.17. The number of esters is 1. The SMILES string of the molecule is COC(=O)CC(=CC(=O)[O-])C(=O)[O-]. The van der Waals surface area contributed by atoms with E-state index < -0.39 is 29.9 Å².